The van der Waals surface area contributed by atoms with Gasteiger partial charge in [0.2, 0.25) is 11.8 Å². The van der Waals surface area contributed by atoms with Gasteiger partial charge in [-0.1, -0.05) is 0 Å². The Balaban J connectivity index is 1.87. The molecule has 1 atom stereocenters. The summed E-state index contributed by atoms with van der Waals surface area (Å²) >= 11 is 0. The van der Waals surface area contributed by atoms with Crippen molar-refractivity contribution in [2.24, 2.45) is 7.05 Å². The molecular weight excluding hydrogens is 320 g/mol. The fourth-order valence-electron chi connectivity index (χ4n) is 3.49. The van der Waals surface area contributed by atoms with Crippen molar-refractivity contribution in [2.75, 3.05) is 20.3 Å². The highest BCUT2D eigenvalue weighted by atomic mass is 16.5. The third kappa shape index (κ3) is 3.18. The van der Waals surface area contributed by atoms with Crippen molar-refractivity contribution >= 4 is 5.91 Å². The molecule has 1 aliphatic rings. The normalized spacial score (nSPS) is 17.0. The average Bonchev–Trinajstić information content (AvgIpc) is 3.18. The Kier molecular flexibility index (Phi) is 4.92. The van der Waals surface area contributed by atoms with Crippen LogP contribution in [0.4, 0.5) is 0 Å². The number of aryl methyl sites for hydroxylation is 2. The molecule has 0 saturated carbocycles. The minimum atomic E-state index is -0.0253. The van der Waals surface area contributed by atoms with Gasteiger partial charge in [0, 0.05) is 25.9 Å². The molecule has 0 bridgehead atoms. The third-order valence-corrected chi connectivity index (χ3v) is 4.53. The fourth-order valence-corrected chi connectivity index (χ4v) is 3.49. The number of nitrogens with zero attached hydrogens (tertiary/aromatic N) is 4. The molecule has 1 saturated heterocycles. The van der Waals surface area contributed by atoms with Gasteiger partial charge in [-0.3, -0.25) is 4.79 Å². The second-order valence-corrected chi connectivity index (χ2v) is 6.11. The van der Waals surface area contributed by atoms with Crippen molar-refractivity contribution in [3.05, 3.63) is 35.2 Å². The Morgan fingerprint density at radius 1 is 1.40 bits per heavy atom. The van der Waals surface area contributed by atoms with E-state index in [0.717, 1.165) is 24.1 Å². The van der Waals surface area contributed by atoms with Crippen LogP contribution in [0.2, 0.25) is 0 Å². The molecular formula is C18H24N4O3. The van der Waals surface area contributed by atoms with Crippen molar-refractivity contribution in [2.45, 2.75) is 32.7 Å². The molecule has 25 heavy (non-hydrogen) atoms. The summed E-state index contributed by atoms with van der Waals surface area (Å²) in [5.41, 5.74) is 2.46. The molecule has 3 rings (SSSR count). The minimum Gasteiger partial charge on any atom is -0.481 e. The molecule has 0 N–H and O–H groups in total. The maximum Gasteiger partial charge on any atom is 0.255 e. The lowest BCUT2D eigenvalue weighted by Crippen LogP contribution is -2.31. The summed E-state index contributed by atoms with van der Waals surface area (Å²) in [4.78, 5) is 19.1. The molecule has 134 valence electrons. The fraction of sp³-hybridized carbons (Fsp3) is 0.500. The molecule has 3 heterocycles. The standard InChI is InChI=1S/C18H24N4O3/c1-5-25-15-9-8-13(11-19-15)17(23)22-10-6-7-14(22)16-12(2)20-21(3)18(16)24-4/h8-9,11,14H,5-7,10H2,1-4H3/t14-/m1/s1. The Morgan fingerprint density at radius 2 is 2.20 bits per heavy atom. The molecule has 0 aliphatic carbocycles. The number of hydrogen-bond acceptors (Lipinski definition) is 5. The molecule has 0 unspecified atom stereocenters. The van der Waals surface area contributed by atoms with Crippen molar-refractivity contribution in [3.8, 4) is 11.8 Å². The topological polar surface area (TPSA) is 69.5 Å². The molecule has 1 amide bonds. The first-order chi connectivity index (χ1) is 12.1. The van der Waals surface area contributed by atoms with E-state index in [0.29, 0.717) is 30.5 Å². The molecule has 7 heteroatoms. The zero-order chi connectivity index (χ0) is 18.0. The first kappa shape index (κ1) is 17.3. The van der Waals surface area contributed by atoms with Gasteiger partial charge >= 0.3 is 0 Å². The number of pyridine rings is 1. The van der Waals surface area contributed by atoms with Crippen molar-refractivity contribution < 1.29 is 14.3 Å². The third-order valence-electron chi connectivity index (χ3n) is 4.53. The first-order valence-corrected chi connectivity index (χ1v) is 8.54. The lowest BCUT2D eigenvalue weighted by molar-refractivity contribution is 0.0733. The highest BCUT2D eigenvalue weighted by molar-refractivity contribution is 5.94. The van der Waals surface area contributed by atoms with E-state index in [1.807, 2.05) is 25.8 Å². The van der Waals surface area contributed by atoms with E-state index < -0.39 is 0 Å². The molecule has 0 radical (unpaired) electrons. The van der Waals surface area contributed by atoms with Gasteiger partial charge in [0.15, 0.2) is 0 Å². The number of aromatic nitrogens is 3. The zero-order valence-corrected chi connectivity index (χ0v) is 15.2. The van der Waals surface area contributed by atoms with E-state index in [1.54, 1.807) is 30.1 Å². The van der Waals surface area contributed by atoms with Crippen molar-refractivity contribution in [1.82, 2.24) is 19.7 Å². The molecule has 2 aromatic heterocycles. The predicted octanol–water partition coefficient (Wildman–Crippen LogP) is 2.51. The number of hydrogen-bond donors (Lipinski definition) is 0. The minimum absolute atomic E-state index is 0.0247. The van der Waals surface area contributed by atoms with Gasteiger partial charge in [-0.05, 0) is 32.8 Å². The van der Waals surface area contributed by atoms with E-state index in [-0.39, 0.29) is 11.9 Å². The summed E-state index contributed by atoms with van der Waals surface area (Å²) < 4.78 is 12.6. The van der Waals surface area contributed by atoms with Gasteiger partial charge in [-0.25, -0.2) is 9.67 Å². The maximum absolute atomic E-state index is 13.0. The van der Waals surface area contributed by atoms with Gasteiger partial charge in [0.05, 0.1) is 36.6 Å². The van der Waals surface area contributed by atoms with E-state index in [1.165, 1.54) is 0 Å². The molecule has 1 aliphatic heterocycles. The van der Waals surface area contributed by atoms with Crippen molar-refractivity contribution in [3.63, 3.8) is 0 Å². The van der Waals surface area contributed by atoms with Gasteiger partial charge in [0.25, 0.3) is 5.91 Å². The summed E-state index contributed by atoms with van der Waals surface area (Å²) in [5, 5.41) is 4.45. The monoisotopic (exact) mass is 344 g/mol. The van der Waals surface area contributed by atoms with Crippen LogP contribution in [0.5, 0.6) is 11.8 Å². The van der Waals surface area contributed by atoms with Crippen LogP contribution in [-0.2, 0) is 7.05 Å². The highest BCUT2D eigenvalue weighted by Crippen LogP contribution is 2.39. The summed E-state index contributed by atoms with van der Waals surface area (Å²) in [5.74, 6) is 1.22. The van der Waals surface area contributed by atoms with E-state index in [2.05, 4.69) is 10.1 Å². The Bertz CT molecular complexity index is 754. The lowest BCUT2D eigenvalue weighted by Gasteiger charge is -2.25. The largest absolute Gasteiger partial charge is 0.481 e. The van der Waals surface area contributed by atoms with Crippen LogP contribution in [0.25, 0.3) is 0 Å². The van der Waals surface area contributed by atoms with Crippen LogP contribution in [0.3, 0.4) is 0 Å². The molecule has 0 spiro atoms. The van der Waals surface area contributed by atoms with Gasteiger partial charge in [-0.15, -0.1) is 0 Å². The SMILES string of the molecule is CCOc1ccc(C(=O)N2CCC[C@@H]2c2c(C)nn(C)c2OC)cn1. The summed E-state index contributed by atoms with van der Waals surface area (Å²) in [7, 11) is 3.49. The molecule has 7 nitrogen and oxygen atoms in total. The van der Waals surface area contributed by atoms with Crippen LogP contribution >= 0.6 is 0 Å². The van der Waals surface area contributed by atoms with Crippen LogP contribution in [0.15, 0.2) is 18.3 Å². The Hall–Kier alpha value is -2.57. The smallest absolute Gasteiger partial charge is 0.255 e. The summed E-state index contributed by atoms with van der Waals surface area (Å²) in [6.45, 7) is 5.12. The summed E-state index contributed by atoms with van der Waals surface area (Å²) in [6.07, 6.45) is 3.44. The molecule has 2 aromatic rings. The number of likely N-dealkylation sites (tertiary alicyclic amines) is 1. The van der Waals surface area contributed by atoms with Crippen LogP contribution in [-0.4, -0.2) is 45.8 Å². The Labute approximate surface area is 147 Å². The lowest BCUT2D eigenvalue weighted by atomic mass is 10.0. The highest BCUT2D eigenvalue weighted by Gasteiger charge is 2.35. The average molecular weight is 344 g/mol. The number of carbonyl (C=O) groups is 1. The van der Waals surface area contributed by atoms with Gasteiger partial charge in [-0.2, -0.15) is 5.10 Å². The number of methoxy groups -OCH3 is 1. The van der Waals surface area contributed by atoms with Gasteiger partial charge < -0.3 is 14.4 Å². The summed E-state index contributed by atoms with van der Waals surface area (Å²) in [6, 6.07) is 3.48. The van der Waals surface area contributed by atoms with Crippen LogP contribution < -0.4 is 9.47 Å². The Morgan fingerprint density at radius 3 is 2.84 bits per heavy atom. The van der Waals surface area contributed by atoms with Crippen LogP contribution in [0.1, 0.15) is 47.4 Å². The van der Waals surface area contributed by atoms with Gasteiger partial charge in [0.1, 0.15) is 0 Å². The zero-order valence-electron chi connectivity index (χ0n) is 15.2. The number of rotatable bonds is 5. The van der Waals surface area contributed by atoms with E-state index >= 15 is 0 Å². The predicted molar refractivity (Wildman–Crippen MR) is 92.9 cm³/mol. The second kappa shape index (κ2) is 7.13. The van der Waals surface area contributed by atoms with Crippen LogP contribution in [0, 0.1) is 6.92 Å². The maximum atomic E-state index is 13.0. The number of ether oxygens (including phenoxy) is 2. The number of amides is 1. The quantitative estimate of drug-likeness (QED) is 0.833. The second-order valence-electron chi connectivity index (χ2n) is 6.11. The van der Waals surface area contributed by atoms with E-state index in [4.69, 9.17) is 9.47 Å². The molecule has 0 aromatic carbocycles. The first-order valence-electron chi connectivity index (χ1n) is 8.54. The van der Waals surface area contributed by atoms with Crippen molar-refractivity contribution in [1.29, 1.82) is 0 Å². The molecule has 1 fully saturated rings. The number of carbonyl (C=O) groups excluding carboxylic acids is 1. The van der Waals surface area contributed by atoms with E-state index in [9.17, 15) is 4.79 Å².